The van der Waals surface area contributed by atoms with Crippen LogP contribution in [0.15, 0.2) is 24.3 Å². The zero-order valence-corrected chi connectivity index (χ0v) is 11.1. The van der Waals surface area contributed by atoms with Gasteiger partial charge in [-0.2, -0.15) is 5.26 Å². The van der Waals surface area contributed by atoms with E-state index in [9.17, 15) is 4.79 Å². The lowest BCUT2D eigenvalue weighted by Gasteiger charge is -2.41. The maximum Gasteiger partial charge on any atom is 0.303 e. The molecule has 1 saturated heterocycles. The first kappa shape index (κ1) is 13.4. The van der Waals surface area contributed by atoms with Gasteiger partial charge in [0.25, 0.3) is 0 Å². The number of aliphatic carboxylic acids is 1. The van der Waals surface area contributed by atoms with Crippen LogP contribution in [0.4, 0.5) is 5.69 Å². The highest BCUT2D eigenvalue weighted by atomic mass is 16.4. The number of carboxylic acids is 1. The Morgan fingerprint density at radius 3 is 3.05 bits per heavy atom. The quantitative estimate of drug-likeness (QED) is 0.905. The van der Waals surface area contributed by atoms with E-state index in [-0.39, 0.29) is 11.8 Å². The summed E-state index contributed by atoms with van der Waals surface area (Å²) in [5.41, 5.74) is 1.46. The molecule has 0 amide bonds. The Morgan fingerprint density at radius 2 is 2.37 bits per heavy atom. The summed E-state index contributed by atoms with van der Waals surface area (Å²) in [6, 6.07) is 9.64. The molecule has 0 bridgehead atoms. The molecule has 1 heterocycles. The molecule has 0 radical (unpaired) electrons. The van der Waals surface area contributed by atoms with Crippen LogP contribution in [0.5, 0.6) is 0 Å². The SMILES string of the molecule is CC1(CC(=O)O)CCCN(c2cccc(C#N)c2)C1. The Morgan fingerprint density at radius 1 is 1.58 bits per heavy atom. The highest BCUT2D eigenvalue weighted by Crippen LogP contribution is 2.35. The van der Waals surface area contributed by atoms with E-state index < -0.39 is 5.97 Å². The third kappa shape index (κ3) is 3.25. The second kappa shape index (κ2) is 5.31. The van der Waals surface area contributed by atoms with Crippen molar-refractivity contribution >= 4 is 11.7 Å². The predicted molar refractivity (Wildman–Crippen MR) is 73.0 cm³/mol. The van der Waals surface area contributed by atoms with E-state index in [1.807, 2.05) is 25.1 Å². The number of piperidine rings is 1. The summed E-state index contributed by atoms with van der Waals surface area (Å²) in [6.45, 7) is 3.68. The fourth-order valence-corrected chi connectivity index (χ4v) is 2.82. The summed E-state index contributed by atoms with van der Waals surface area (Å²) in [5.74, 6) is -0.741. The fraction of sp³-hybridized carbons (Fsp3) is 0.467. The van der Waals surface area contributed by atoms with Crippen molar-refractivity contribution in [3.8, 4) is 6.07 Å². The molecule has 4 nitrogen and oxygen atoms in total. The summed E-state index contributed by atoms with van der Waals surface area (Å²) in [5, 5.41) is 17.9. The van der Waals surface area contributed by atoms with Crippen molar-refractivity contribution in [3.05, 3.63) is 29.8 Å². The second-order valence-corrected chi connectivity index (χ2v) is 5.57. The van der Waals surface area contributed by atoms with Gasteiger partial charge in [-0.3, -0.25) is 4.79 Å². The fourth-order valence-electron chi connectivity index (χ4n) is 2.82. The molecular formula is C15H18N2O2. The number of nitriles is 1. The third-order valence-electron chi connectivity index (χ3n) is 3.70. The summed E-state index contributed by atoms with van der Waals surface area (Å²) >= 11 is 0. The molecule has 0 saturated carbocycles. The van der Waals surface area contributed by atoms with Gasteiger partial charge in [0.1, 0.15) is 0 Å². The molecule has 0 aliphatic carbocycles. The molecule has 19 heavy (non-hydrogen) atoms. The number of benzene rings is 1. The molecule has 2 rings (SSSR count). The molecule has 1 aliphatic heterocycles. The minimum Gasteiger partial charge on any atom is -0.481 e. The van der Waals surface area contributed by atoms with Crippen molar-refractivity contribution < 1.29 is 9.90 Å². The van der Waals surface area contributed by atoms with Gasteiger partial charge < -0.3 is 10.0 Å². The molecule has 1 N–H and O–H groups in total. The van der Waals surface area contributed by atoms with Crippen LogP contribution < -0.4 is 4.90 Å². The summed E-state index contributed by atoms with van der Waals surface area (Å²) in [7, 11) is 0. The van der Waals surface area contributed by atoms with Gasteiger partial charge in [-0.1, -0.05) is 13.0 Å². The van der Waals surface area contributed by atoms with Crippen LogP contribution in [0.3, 0.4) is 0 Å². The molecule has 0 spiro atoms. The molecule has 1 aromatic carbocycles. The van der Waals surface area contributed by atoms with Crippen LogP contribution in [-0.4, -0.2) is 24.2 Å². The first-order valence-electron chi connectivity index (χ1n) is 6.49. The standard InChI is InChI=1S/C15H18N2O2/c1-15(9-14(18)19)6-3-7-17(11-15)13-5-2-4-12(8-13)10-16/h2,4-5,8H,3,6-7,9,11H2,1H3,(H,18,19). The van der Waals surface area contributed by atoms with Crippen molar-refractivity contribution in [2.45, 2.75) is 26.2 Å². The van der Waals surface area contributed by atoms with Gasteiger partial charge in [-0.25, -0.2) is 0 Å². The van der Waals surface area contributed by atoms with Crippen molar-refractivity contribution in [2.75, 3.05) is 18.0 Å². The maximum atomic E-state index is 11.0. The summed E-state index contributed by atoms with van der Waals surface area (Å²) in [6.07, 6.45) is 2.12. The summed E-state index contributed by atoms with van der Waals surface area (Å²) < 4.78 is 0. The monoisotopic (exact) mass is 258 g/mol. The number of carboxylic acid groups (broad SMARTS) is 1. The van der Waals surface area contributed by atoms with Gasteiger partial charge in [-0.05, 0) is 36.5 Å². The first-order valence-corrected chi connectivity index (χ1v) is 6.49. The number of hydrogen-bond acceptors (Lipinski definition) is 3. The lowest BCUT2D eigenvalue weighted by Crippen LogP contribution is -2.42. The third-order valence-corrected chi connectivity index (χ3v) is 3.70. The minimum atomic E-state index is -0.741. The molecule has 1 atom stereocenters. The van der Waals surface area contributed by atoms with Crippen LogP contribution in [0, 0.1) is 16.7 Å². The van der Waals surface area contributed by atoms with Gasteiger partial charge >= 0.3 is 5.97 Å². The molecular weight excluding hydrogens is 240 g/mol. The highest BCUT2D eigenvalue weighted by molar-refractivity contribution is 5.68. The van der Waals surface area contributed by atoms with E-state index in [1.54, 1.807) is 6.07 Å². The Balaban J connectivity index is 2.17. The molecule has 4 heteroatoms. The Labute approximate surface area is 113 Å². The average Bonchev–Trinajstić information content (AvgIpc) is 2.37. The largest absolute Gasteiger partial charge is 0.481 e. The van der Waals surface area contributed by atoms with Gasteiger partial charge in [0, 0.05) is 18.8 Å². The zero-order chi connectivity index (χ0) is 13.9. The van der Waals surface area contributed by atoms with Crippen LogP contribution in [0.25, 0.3) is 0 Å². The van der Waals surface area contributed by atoms with Crippen LogP contribution in [-0.2, 0) is 4.79 Å². The average molecular weight is 258 g/mol. The second-order valence-electron chi connectivity index (χ2n) is 5.57. The Bertz CT molecular complexity index is 521. The van der Waals surface area contributed by atoms with E-state index in [2.05, 4.69) is 11.0 Å². The van der Waals surface area contributed by atoms with Crippen LogP contribution in [0.1, 0.15) is 31.7 Å². The molecule has 1 fully saturated rings. The van der Waals surface area contributed by atoms with Crippen LogP contribution in [0.2, 0.25) is 0 Å². The van der Waals surface area contributed by atoms with E-state index in [1.165, 1.54) is 0 Å². The van der Waals surface area contributed by atoms with Crippen molar-refractivity contribution in [1.82, 2.24) is 0 Å². The number of rotatable bonds is 3. The number of anilines is 1. The maximum absolute atomic E-state index is 11.0. The number of carbonyl (C=O) groups is 1. The van der Waals surface area contributed by atoms with Gasteiger partial charge in [0.15, 0.2) is 0 Å². The lowest BCUT2D eigenvalue weighted by atomic mass is 9.79. The molecule has 0 aromatic heterocycles. The lowest BCUT2D eigenvalue weighted by molar-refractivity contribution is -0.139. The predicted octanol–water partition coefficient (Wildman–Crippen LogP) is 2.64. The topological polar surface area (TPSA) is 64.3 Å². The Hall–Kier alpha value is -2.02. The molecule has 1 unspecified atom stereocenters. The van der Waals surface area contributed by atoms with Gasteiger partial charge in [0.05, 0.1) is 18.1 Å². The Kier molecular flexibility index (Phi) is 3.75. The van der Waals surface area contributed by atoms with E-state index in [4.69, 9.17) is 10.4 Å². The van der Waals surface area contributed by atoms with Crippen molar-refractivity contribution in [2.24, 2.45) is 5.41 Å². The van der Waals surface area contributed by atoms with Gasteiger partial charge in [-0.15, -0.1) is 0 Å². The first-order chi connectivity index (χ1) is 9.02. The number of nitrogens with zero attached hydrogens (tertiary/aromatic N) is 2. The summed E-state index contributed by atoms with van der Waals surface area (Å²) in [4.78, 5) is 13.1. The highest BCUT2D eigenvalue weighted by Gasteiger charge is 2.33. The van der Waals surface area contributed by atoms with Crippen molar-refractivity contribution in [3.63, 3.8) is 0 Å². The van der Waals surface area contributed by atoms with E-state index >= 15 is 0 Å². The molecule has 1 aromatic rings. The minimum absolute atomic E-state index is 0.188. The van der Waals surface area contributed by atoms with Gasteiger partial charge in [0.2, 0.25) is 0 Å². The van der Waals surface area contributed by atoms with Crippen molar-refractivity contribution in [1.29, 1.82) is 5.26 Å². The smallest absolute Gasteiger partial charge is 0.303 e. The normalized spacial score (nSPS) is 22.8. The number of hydrogen-bond donors (Lipinski definition) is 1. The molecule has 1 aliphatic rings. The van der Waals surface area contributed by atoms with E-state index in [0.717, 1.165) is 31.6 Å². The van der Waals surface area contributed by atoms with E-state index in [0.29, 0.717) is 5.56 Å². The zero-order valence-electron chi connectivity index (χ0n) is 11.1. The van der Waals surface area contributed by atoms with Crippen LogP contribution >= 0.6 is 0 Å². The molecule has 100 valence electrons.